The van der Waals surface area contributed by atoms with Crippen molar-refractivity contribution in [2.24, 2.45) is 5.92 Å². The molecule has 2 aromatic carbocycles. The number of nitrogens with one attached hydrogen (secondary N) is 1. The predicted octanol–water partition coefficient (Wildman–Crippen LogP) is 4.77. The molecule has 7 nitrogen and oxygen atoms in total. The van der Waals surface area contributed by atoms with E-state index in [1.165, 1.54) is 4.31 Å². The van der Waals surface area contributed by atoms with Gasteiger partial charge in [0.1, 0.15) is 6.04 Å². The molecule has 0 saturated carbocycles. The quantitative estimate of drug-likeness (QED) is 0.400. The third-order valence-corrected chi connectivity index (χ3v) is 7.26. The van der Waals surface area contributed by atoms with Crippen LogP contribution in [-0.4, -0.2) is 50.5 Å². The van der Waals surface area contributed by atoms with E-state index in [0.717, 1.165) is 17.4 Å². The Morgan fingerprint density at radius 3 is 2.17 bits per heavy atom. The molecule has 1 N–H and O–H groups in total. The van der Waals surface area contributed by atoms with E-state index in [1.807, 2.05) is 52.0 Å². The van der Waals surface area contributed by atoms with E-state index in [4.69, 9.17) is 11.6 Å². The topological polar surface area (TPSA) is 86.8 Å². The van der Waals surface area contributed by atoms with E-state index in [9.17, 15) is 18.0 Å². The van der Waals surface area contributed by atoms with Gasteiger partial charge in [0.15, 0.2) is 0 Å². The molecule has 2 aromatic rings. The average Bonchev–Trinajstić information content (AvgIpc) is 2.81. The summed E-state index contributed by atoms with van der Waals surface area (Å²) in [6, 6.07) is 13.8. The van der Waals surface area contributed by atoms with Gasteiger partial charge in [-0.1, -0.05) is 62.2 Å². The van der Waals surface area contributed by atoms with Crippen LogP contribution in [0.5, 0.6) is 0 Å². The number of carbonyl (C=O) groups excluding carboxylic acids is 2. The molecule has 1 atom stereocenters. The van der Waals surface area contributed by atoms with Crippen LogP contribution in [-0.2, 0) is 26.2 Å². The van der Waals surface area contributed by atoms with Crippen LogP contribution in [0.15, 0.2) is 48.5 Å². The monoisotopic (exact) mass is 535 g/mol. The van der Waals surface area contributed by atoms with E-state index in [0.29, 0.717) is 42.6 Å². The van der Waals surface area contributed by atoms with Gasteiger partial charge in [-0.2, -0.15) is 0 Å². The van der Waals surface area contributed by atoms with Crippen molar-refractivity contribution in [2.45, 2.75) is 59.5 Å². The summed E-state index contributed by atoms with van der Waals surface area (Å²) >= 11 is 5.94. The van der Waals surface area contributed by atoms with Crippen molar-refractivity contribution in [3.05, 3.63) is 64.7 Å². The van der Waals surface area contributed by atoms with Gasteiger partial charge in [-0.05, 0) is 55.5 Å². The molecule has 0 aliphatic heterocycles. The van der Waals surface area contributed by atoms with E-state index < -0.39 is 16.1 Å². The Labute approximate surface area is 220 Å². The number of hydrogen-bond donors (Lipinski definition) is 1. The molecule has 198 valence electrons. The zero-order valence-corrected chi connectivity index (χ0v) is 23.4. The number of carbonyl (C=O) groups is 2. The maximum atomic E-state index is 13.4. The van der Waals surface area contributed by atoms with E-state index >= 15 is 0 Å². The molecular weight excluding hydrogens is 498 g/mol. The van der Waals surface area contributed by atoms with E-state index in [1.54, 1.807) is 29.2 Å². The van der Waals surface area contributed by atoms with Gasteiger partial charge in [0.2, 0.25) is 21.8 Å². The molecule has 36 heavy (non-hydrogen) atoms. The highest BCUT2D eigenvalue weighted by Crippen LogP contribution is 2.22. The van der Waals surface area contributed by atoms with Crippen molar-refractivity contribution < 1.29 is 18.0 Å². The predicted molar refractivity (Wildman–Crippen MR) is 147 cm³/mol. The van der Waals surface area contributed by atoms with Crippen molar-refractivity contribution >= 4 is 39.1 Å². The number of hydrogen-bond acceptors (Lipinski definition) is 4. The maximum absolute atomic E-state index is 13.4. The third-order valence-electron chi connectivity index (χ3n) is 5.81. The largest absolute Gasteiger partial charge is 0.354 e. The van der Waals surface area contributed by atoms with Crippen molar-refractivity contribution in [3.63, 3.8) is 0 Å². The zero-order chi connectivity index (χ0) is 26.9. The summed E-state index contributed by atoms with van der Waals surface area (Å²) in [4.78, 5) is 28.0. The van der Waals surface area contributed by atoms with Crippen LogP contribution in [0.2, 0.25) is 5.02 Å². The molecule has 2 rings (SSSR count). The molecule has 0 radical (unpaired) electrons. The molecule has 0 spiro atoms. The number of rotatable bonds is 13. The summed E-state index contributed by atoms with van der Waals surface area (Å²) in [7, 11) is -3.55. The number of nitrogens with zero attached hydrogens (tertiary/aromatic N) is 2. The van der Waals surface area contributed by atoms with Gasteiger partial charge in [-0.15, -0.1) is 0 Å². The highest BCUT2D eigenvalue weighted by molar-refractivity contribution is 7.92. The molecule has 9 heteroatoms. The van der Waals surface area contributed by atoms with Crippen LogP contribution >= 0.6 is 11.6 Å². The summed E-state index contributed by atoms with van der Waals surface area (Å²) in [5.41, 5.74) is 2.54. The Balaban J connectivity index is 2.19. The molecule has 2 amide bonds. The SMILES string of the molecule is CC[C@H](C(=O)NCC(C)C)N(Cc1ccc(C)cc1)C(=O)CCCN(c1ccc(Cl)cc1)S(C)(=O)=O. The fraction of sp³-hybridized carbons (Fsp3) is 0.481. The van der Waals surface area contributed by atoms with Gasteiger partial charge >= 0.3 is 0 Å². The second kappa shape index (κ2) is 13.7. The van der Waals surface area contributed by atoms with Gasteiger partial charge in [-0.25, -0.2) is 8.42 Å². The molecule has 0 saturated heterocycles. The lowest BCUT2D eigenvalue weighted by Crippen LogP contribution is -2.49. The number of benzene rings is 2. The average molecular weight is 536 g/mol. The Kier molecular flexibility index (Phi) is 11.2. The Hall–Kier alpha value is -2.58. The van der Waals surface area contributed by atoms with E-state index in [-0.39, 0.29) is 24.8 Å². The second-order valence-electron chi connectivity index (χ2n) is 9.49. The van der Waals surface area contributed by atoms with Crippen LogP contribution in [0, 0.1) is 12.8 Å². The molecule has 0 aliphatic rings. The first-order valence-electron chi connectivity index (χ1n) is 12.3. The van der Waals surface area contributed by atoms with Gasteiger partial charge in [0, 0.05) is 31.1 Å². The summed E-state index contributed by atoms with van der Waals surface area (Å²) in [5.74, 6) is -0.0696. The lowest BCUT2D eigenvalue weighted by molar-refractivity contribution is -0.141. The minimum atomic E-state index is -3.55. The van der Waals surface area contributed by atoms with Crippen LogP contribution in [0.1, 0.15) is 51.2 Å². The number of anilines is 1. The van der Waals surface area contributed by atoms with Gasteiger partial charge in [-0.3, -0.25) is 13.9 Å². The van der Waals surface area contributed by atoms with Crippen LogP contribution in [0.3, 0.4) is 0 Å². The molecule has 0 unspecified atom stereocenters. The summed E-state index contributed by atoms with van der Waals surface area (Å²) in [5, 5.41) is 3.46. The first-order chi connectivity index (χ1) is 16.9. The Bertz CT molecular complexity index is 1100. The summed E-state index contributed by atoms with van der Waals surface area (Å²) in [6.45, 7) is 8.90. The number of aryl methyl sites for hydroxylation is 1. The molecular formula is C27H38ClN3O4S. The van der Waals surface area contributed by atoms with Crippen molar-refractivity contribution in [2.75, 3.05) is 23.7 Å². The van der Waals surface area contributed by atoms with Gasteiger partial charge < -0.3 is 10.2 Å². The number of amides is 2. The molecule has 0 bridgehead atoms. The van der Waals surface area contributed by atoms with Crippen molar-refractivity contribution in [1.82, 2.24) is 10.2 Å². The van der Waals surface area contributed by atoms with Crippen molar-refractivity contribution in [3.8, 4) is 0 Å². The lowest BCUT2D eigenvalue weighted by Gasteiger charge is -2.31. The molecule has 0 heterocycles. The number of sulfonamides is 1. The molecule has 0 fully saturated rings. The maximum Gasteiger partial charge on any atom is 0.242 e. The summed E-state index contributed by atoms with van der Waals surface area (Å²) < 4.78 is 26.1. The van der Waals surface area contributed by atoms with E-state index in [2.05, 4.69) is 5.32 Å². The molecule has 0 aromatic heterocycles. The second-order valence-corrected chi connectivity index (χ2v) is 11.8. The number of halogens is 1. The highest BCUT2D eigenvalue weighted by Gasteiger charge is 2.29. The minimum absolute atomic E-state index is 0.111. The first-order valence-corrected chi connectivity index (χ1v) is 14.5. The standard InChI is InChI=1S/C27H38ClN3O4S/c1-6-25(27(33)29-18-20(2)3)30(19-22-11-9-21(4)10-12-22)26(32)8-7-17-31(36(5,34)35)24-15-13-23(28)14-16-24/h9-16,20,25H,6-8,17-19H2,1-5H3,(H,29,33)/t25-/m1/s1. The van der Waals surface area contributed by atoms with Crippen LogP contribution in [0.4, 0.5) is 5.69 Å². The Morgan fingerprint density at radius 1 is 1.03 bits per heavy atom. The first kappa shape index (κ1) is 29.6. The fourth-order valence-corrected chi connectivity index (χ4v) is 4.93. The van der Waals surface area contributed by atoms with Gasteiger partial charge in [0.25, 0.3) is 0 Å². The minimum Gasteiger partial charge on any atom is -0.354 e. The van der Waals surface area contributed by atoms with Crippen LogP contribution < -0.4 is 9.62 Å². The lowest BCUT2D eigenvalue weighted by atomic mass is 10.1. The molecule has 0 aliphatic carbocycles. The summed E-state index contributed by atoms with van der Waals surface area (Å²) in [6.07, 6.45) is 2.03. The van der Waals surface area contributed by atoms with Crippen LogP contribution in [0.25, 0.3) is 0 Å². The highest BCUT2D eigenvalue weighted by atomic mass is 35.5. The van der Waals surface area contributed by atoms with Gasteiger partial charge in [0.05, 0.1) is 11.9 Å². The smallest absolute Gasteiger partial charge is 0.242 e. The van der Waals surface area contributed by atoms with Crippen molar-refractivity contribution in [1.29, 1.82) is 0 Å². The third kappa shape index (κ3) is 9.13. The Morgan fingerprint density at radius 2 is 1.64 bits per heavy atom. The normalized spacial score (nSPS) is 12.3. The fourth-order valence-electron chi connectivity index (χ4n) is 3.84. The zero-order valence-electron chi connectivity index (χ0n) is 21.8.